The van der Waals surface area contributed by atoms with Crippen molar-refractivity contribution < 1.29 is 0 Å². The Morgan fingerprint density at radius 3 is 1.75 bits per heavy atom. The molecule has 1 saturated carbocycles. The Kier molecular flexibility index (Phi) is 3.55. The van der Waals surface area contributed by atoms with Crippen molar-refractivity contribution in [3.8, 4) is 0 Å². The Labute approximate surface area is 78.3 Å². The Bertz CT molecular complexity index is 133. The van der Waals surface area contributed by atoms with Gasteiger partial charge < -0.3 is 0 Å². The van der Waals surface area contributed by atoms with Crippen molar-refractivity contribution in [3.05, 3.63) is 0 Å². The molecule has 1 unspecified atom stereocenters. The summed E-state index contributed by atoms with van der Waals surface area (Å²) < 4.78 is 2.70. The van der Waals surface area contributed by atoms with Crippen LogP contribution in [0.1, 0.15) is 40.5 Å². The average Bonchev–Trinajstić information content (AvgIpc) is 2.64. The molecule has 0 N–H and O–H groups in total. The van der Waals surface area contributed by atoms with Crippen LogP contribution >= 0.6 is 8.07 Å². The Morgan fingerprint density at radius 1 is 1.08 bits per heavy atom. The van der Waals surface area contributed by atoms with E-state index in [1.807, 2.05) is 0 Å². The van der Waals surface area contributed by atoms with Crippen molar-refractivity contribution in [2.75, 3.05) is 6.66 Å². The van der Waals surface area contributed by atoms with Gasteiger partial charge >= 0.3 is 0 Å². The summed E-state index contributed by atoms with van der Waals surface area (Å²) in [6.07, 6.45) is 2.97. The molecular weight excluding hydrogens is 165 g/mol. The first kappa shape index (κ1) is 10.5. The van der Waals surface area contributed by atoms with Crippen LogP contribution in [0.5, 0.6) is 0 Å². The van der Waals surface area contributed by atoms with Gasteiger partial charge in [-0.05, 0) is 60.9 Å². The molecule has 0 aromatic carbocycles. The summed E-state index contributed by atoms with van der Waals surface area (Å²) in [4.78, 5) is 0. The summed E-state index contributed by atoms with van der Waals surface area (Å²) in [5, 5.41) is 0. The minimum absolute atomic E-state index is 0.163. The van der Waals surface area contributed by atoms with Crippen molar-refractivity contribution in [1.29, 1.82) is 0 Å². The van der Waals surface area contributed by atoms with Crippen LogP contribution in [-0.2, 0) is 0 Å². The average molecular weight is 187 g/mol. The summed E-state index contributed by atoms with van der Waals surface area (Å²) in [5.41, 5.74) is 1.06. The molecule has 0 radical (unpaired) electrons. The quantitative estimate of drug-likeness (QED) is 0.610. The third-order valence-corrected chi connectivity index (χ3v) is 5.72. The number of hydrogen-bond acceptors (Lipinski definition) is 1. The van der Waals surface area contributed by atoms with Crippen LogP contribution in [0.25, 0.3) is 0 Å². The second-order valence-corrected chi connectivity index (χ2v) is 6.71. The molecule has 1 fully saturated rings. The third-order valence-electron chi connectivity index (χ3n) is 2.50. The maximum absolute atomic E-state index is 2.70. The van der Waals surface area contributed by atoms with E-state index in [4.69, 9.17) is 0 Å². The molecule has 0 aromatic rings. The van der Waals surface area contributed by atoms with Gasteiger partial charge in [-0.2, -0.15) is 0 Å². The molecular formula is C10H22NP. The zero-order chi connectivity index (χ0) is 9.30. The lowest BCUT2D eigenvalue weighted by atomic mass is 10.3. The van der Waals surface area contributed by atoms with Crippen LogP contribution in [-0.4, -0.2) is 29.1 Å². The van der Waals surface area contributed by atoms with Gasteiger partial charge in [0, 0.05) is 12.1 Å². The zero-order valence-electron chi connectivity index (χ0n) is 9.04. The highest BCUT2D eigenvalue weighted by Gasteiger charge is 2.33. The van der Waals surface area contributed by atoms with E-state index in [-0.39, 0.29) is 8.07 Å². The van der Waals surface area contributed by atoms with E-state index in [9.17, 15) is 0 Å². The molecule has 1 aliphatic carbocycles. The second kappa shape index (κ2) is 4.07. The first-order valence-corrected chi connectivity index (χ1v) is 6.86. The van der Waals surface area contributed by atoms with Crippen LogP contribution in [0.4, 0.5) is 0 Å². The minimum atomic E-state index is 0.163. The first-order chi connectivity index (χ1) is 5.54. The molecule has 72 valence electrons. The molecule has 1 aliphatic rings. The van der Waals surface area contributed by atoms with Crippen LogP contribution in [0.3, 0.4) is 0 Å². The van der Waals surface area contributed by atoms with Crippen molar-refractivity contribution in [2.24, 2.45) is 0 Å². The highest BCUT2D eigenvalue weighted by molar-refractivity contribution is 7.55. The van der Waals surface area contributed by atoms with Crippen molar-refractivity contribution >= 4 is 8.07 Å². The summed E-state index contributed by atoms with van der Waals surface area (Å²) in [7, 11) is 0.163. The van der Waals surface area contributed by atoms with Crippen LogP contribution in [0.2, 0.25) is 0 Å². The summed E-state index contributed by atoms with van der Waals surface area (Å²) >= 11 is 0. The maximum atomic E-state index is 2.70. The van der Waals surface area contributed by atoms with E-state index < -0.39 is 0 Å². The van der Waals surface area contributed by atoms with Gasteiger partial charge in [0.25, 0.3) is 0 Å². The van der Waals surface area contributed by atoms with Crippen molar-refractivity contribution in [1.82, 2.24) is 4.67 Å². The molecule has 0 aromatic heterocycles. The van der Waals surface area contributed by atoms with Gasteiger partial charge in [-0.3, -0.25) is 4.67 Å². The molecule has 0 bridgehead atoms. The molecule has 12 heavy (non-hydrogen) atoms. The minimum Gasteiger partial charge on any atom is -0.277 e. The fourth-order valence-electron chi connectivity index (χ4n) is 1.96. The van der Waals surface area contributed by atoms with Gasteiger partial charge in [0.15, 0.2) is 0 Å². The van der Waals surface area contributed by atoms with E-state index in [0.29, 0.717) is 0 Å². The Balaban J connectivity index is 2.51. The highest BCUT2D eigenvalue weighted by Crippen LogP contribution is 2.54. The van der Waals surface area contributed by atoms with E-state index in [0.717, 1.165) is 17.7 Å². The number of hydrogen-bond donors (Lipinski definition) is 0. The Morgan fingerprint density at radius 2 is 1.50 bits per heavy atom. The highest BCUT2D eigenvalue weighted by atomic mass is 31.1. The number of rotatable bonds is 4. The lowest BCUT2D eigenvalue weighted by Crippen LogP contribution is -2.33. The zero-order valence-corrected chi connectivity index (χ0v) is 9.94. The van der Waals surface area contributed by atoms with Crippen LogP contribution in [0, 0.1) is 0 Å². The first-order valence-electron chi connectivity index (χ1n) is 5.05. The molecule has 0 aliphatic heterocycles. The molecule has 1 nitrogen and oxygen atoms in total. The van der Waals surface area contributed by atoms with Crippen LogP contribution < -0.4 is 0 Å². The molecule has 0 heterocycles. The van der Waals surface area contributed by atoms with Gasteiger partial charge in [-0.25, -0.2) is 0 Å². The molecule has 0 amide bonds. The predicted molar refractivity (Wildman–Crippen MR) is 58.0 cm³/mol. The van der Waals surface area contributed by atoms with E-state index >= 15 is 0 Å². The topological polar surface area (TPSA) is 3.24 Å². The normalized spacial score (nSPS) is 21.0. The number of nitrogens with zero attached hydrogens (tertiary/aromatic N) is 1. The lowest BCUT2D eigenvalue weighted by Gasteiger charge is -2.36. The van der Waals surface area contributed by atoms with Gasteiger partial charge in [0.05, 0.1) is 0 Å². The standard InChI is InChI=1S/C10H22NP/c1-8(2)11(9(3)4)12(5)10-6-7-10/h8-10H,6-7H2,1-5H3. The molecule has 0 spiro atoms. The Hall–Kier alpha value is 0.390. The van der Waals surface area contributed by atoms with Gasteiger partial charge in [0.2, 0.25) is 0 Å². The maximum Gasteiger partial charge on any atom is 0.00803 e. The van der Waals surface area contributed by atoms with Gasteiger partial charge in [-0.15, -0.1) is 0 Å². The van der Waals surface area contributed by atoms with Crippen molar-refractivity contribution in [3.63, 3.8) is 0 Å². The van der Waals surface area contributed by atoms with Gasteiger partial charge in [-0.1, -0.05) is 0 Å². The molecule has 0 saturated heterocycles. The predicted octanol–water partition coefficient (Wildman–Crippen LogP) is 3.29. The van der Waals surface area contributed by atoms with Crippen LogP contribution in [0.15, 0.2) is 0 Å². The smallest absolute Gasteiger partial charge is 0.00803 e. The third kappa shape index (κ3) is 2.44. The summed E-state index contributed by atoms with van der Waals surface area (Å²) in [6, 6.07) is 1.45. The summed E-state index contributed by atoms with van der Waals surface area (Å²) in [6.45, 7) is 11.7. The fourth-order valence-corrected chi connectivity index (χ4v) is 4.69. The monoisotopic (exact) mass is 187 g/mol. The SMILES string of the molecule is CC(C)N(C(C)C)P(C)C1CC1. The molecule has 1 atom stereocenters. The van der Waals surface area contributed by atoms with Crippen molar-refractivity contribution in [2.45, 2.75) is 58.3 Å². The van der Waals surface area contributed by atoms with E-state index in [2.05, 4.69) is 39.0 Å². The molecule has 2 heteroatoms. The fraction of sp³-hybridized carbons (Fsp3) is 1.00. The molecule has 1 rings (SSSR count). The largest absolute Gasteiger partial charge is 0.277 e. The van der Waals surface area contributed by atoms with Gasteiger partial charge in [0.1, 0.15) is 0 Å². The summed E-state index contributed by atoms with van der Waals surface area (Å²) in [5.74, 6) is 0. The van der Waals surface area contributed by atoms with E-state index in [1.54, 1.807) is 0 Å². The lowest BCUT2D eigenvalue weighted by molar-refractivity contribution is 0.323. The second-order valence-electron chi connectivity index (χ2n) is 4.37. The van der Waals surface area contributed by atoms with E-state index in [1.165, 1.54) is 12.8 Å².